The standard InChI is InChI=1S/C7H16BO7P/c1-7(11)5(10)4(15-6(7)8)3(9)2-16(12,13)14/h3-6,9-11H,2,8H2,1H3,(H2,12,13,14). The highest BCUT2D eigenvalue weighted by atomic mass is 31.2. The summed E-state index contributed by atoms with van der Waals surface area (Å²) in [6.07, 6.45) is -4.91. The second kappa shape index (κ2) is 4.38. The van der Waals surface area contributed by atoms with E-state index in [1.54, 1.807) is 0 Å². The number of hydrogen-bond acceptors (Lipinski definition) is 5. The Morgan fingerprint density at radius 3 is 2.38 bits per heavy atom. The zero-order valence-electron chi connectivity index (χ0n) is 9.02. The van der Waals surface area contributed by atoms with Crippen LogP contribution in [0.3, 0.4) is 0 Å². The van der Waals surface area contributed by atoms with Gasteiger partial charge in [0, 0.05) is 0 Å². The predicted octanol–water partition coefficient (Wildman–Crippen LogP) is -3.01. The first-order valence-corrected chi connectivity index (χ1v) is 6.64. The molecule has 1 saturated heterocycles. The highest BCUT2D eigenvalue weighted by Crippen LogP contribution is 2.39. The van der Waals surface area contributed by atoms with Gasteiger partial charge in [-0.1, -0.05) is 0 Å². The molecule has 5 unspecified atom stereocenters. The predicted molar refractivity (Wildman–Crippen MR) is 56.8 cm³/mol. The fraction of sp³-hybridized carbons (Fsp3) is 1.00. The molecule has 0 radical (unpaired) electrons. The zero-order valence-corrected chi connectivity index (χ0v) is 9.91. The molecule has 1 rings (SSSR count). The minimum atomic E-state index is -4.39. The third-order valence-corrected chi connectivity index (χ3v) is 3.75. The molecular weight excluding hydrogens is 238 g/mol. The molecule has 9 heteroatoms. The summed E-state index contributed by atoms with van der Waals surface area (Å²) in [4.78, 5) is 17.4. The summed E-state index contributed by atoms with van der Waals surface area (Å²) in [6.45, 7) is 1.34. The van der Waals surface area contributed by atoms with Crippen LogP contribution in [0.25, 0.3) is 0 Å². The summed E-state index contributed by atoms with van der Waals surface area (Å²) in [5, 5.41) is 29.0. The molecule has 5 atom stereocenters. The quantitative estimate of drug-likeness (QED) is 0.268. The molecule has 0 aromatic rings. The normalized spacial score (nSPS) is 42.2. The van der Waals surface area contributed by atoms with Gasteiger partial charge < -0.3 is 29.8 Å². The molecule has 5 N–H and O–H groups in total. The molecule has 94 valence electrons. The van der Waals surface area contributed by atoms with Crippen molar-refractivity contribution in [3.05, 3.63) is 0 Å². The van der Waals surface area contributed by atoms with E-state index in [0.29, 0.717) is 0 Å². The van der Waals surface area contributed by atoms with Crippen LogP contribution in [0, 0.1) is 0 Å². The molecule has 0 aromatic heterocycles. The van der Waals surface area contributed by atoms with Gasteiger partial charge in [-0.05, 0) is 6.92 Å². The SMILES string of the molecule is BC1OC(C(O)CP(=O)(O)O)C(O)C1(C)O. The molecule has 1 heterocycles. The van der Waals surface area contributed by atoms with Crippen molar-refractivity contribution in [2.24, 2.45) is 0 Å². The van der Waals surface area contributed by atoms with E-state index in [-0.39, 0.29) is 0 Å². The molecule has 1 fully saturated rings. The highest BCUT2D eigenvalue weighted by Gasteiger charge is 2.52. The Morgan fingerprint density at radius 1 is 1.56 bits per heavy atom. The maximum absolute atomic E-state index is 10.7. The molecule has 16 heavy (non-hydrogen) atoms. The van der Waals surface area contributed by atoms with Gasteiger partial charge in [0.05, 0.1) is 18.3 Å². The minimum absolute atomic E-state index is 0.723. The molecule has 0 bridgehead atoms. The van der Waals surface area contributed by atoms with Gasteiger partial charge in [-0.15, -0.1) is 0 Å². The molecule has 0 amide bonds. The summed E-state index contributed by atoms with van der Waals surface area (Å²) in [5.41, 5.74) is -1.54. The first-order valence-electron chi connectivity index (χ1n) is 4.84. The van der Waals surface area contributed by atoms with Crippen molar-refractivity contribution in [2.75, 3.05) is 6.16 Å². The number of aliphatic hydroxyl groups excluding tert-OH is 2. The zero-order chi connectivity index (χ0) is 12.7. The molecule has 0 saturated carbocycles. The van der Waals surface area contributed by atoms with E-state index in [9.17, 15) is 19.9 Å². The summed E-state index contributed by atoms with van der Waals surface area (Å²) >= 11 is 0. The van der Waals surface area contributed by atoms with Crippen molar-refractivity contribution in [3.8, 4) is 0 Å². The van der Waals surface area contributed by atoms with Crippen molar-refractivity contribution in [2.45, 2.75) is 36.8 Å². The van der Waals surface area contributed by atoms with Crippen LogP contribution in [0.2, 0.25) is 0 Å². The van der Waals surface area contributed by atoms with Crippen LogP contribution >= 0.6 is 7.60 Å². The maximum Gasteiger partial charge on any atom is 0.328 e. The lowest BCUT2D eigenvalue weighted by atomic mass is 9.81. The van der Waals surface area contributed by atoms with Crippen LogP contribution in [0.4, 0.5) is 0 Å². The van der Waals surface area contributed by atoms with Crippen LogP contribution in [0.5, 0.6) is 0 Å². The number of ether oxygens (including phenoxy) is 1. The van der Waals surface area contributed by atoms with Gasteiger partial charge in [0.2, 0.25) is 0 Å². The van der Waals surface area contributed by atoms with E-state index in [2.05, 4.69) is 0 Å². The van der Waals surface area contributed by atoms with Gasteiger partial charge in [-0.3, -0.25) is 4.57 Å². The summed E-state index contributed by atoms with van der Waals surface area (Å²) in [6, 6.07) is -0.723. The Balaban J connectivity index is 2.73. The highest BCUT2D eigenvalue weighted by molar-refractivity contribution is 7.51. The van der Waals surface area contributed by atoms with E-state index in [4.69, 9.17) is 14.5 Å². The van der Waals surface area contributed by atoms with Gasteiger partial charge in [0.15, 0.2) is 0 Å². The second-order valence-corrected chi connectivity index (χ2v) is 6.02. The number of rotatable bonds is 3. The molecule has 1 aliphatic rings. The monoisotopic (exact) mass is 254 g/mol. The Kier molecular flexibility index (Phi) is 3.87. The summed E-state index contributed by atoms with van der Waals surface area (Å²) in [5.74, 6) is 0. The van der Waals surface area contributed by atoms with Crippen LogP contribution in [-0.2, 0) is 9.30 Å². The smallest absolute Gasteiger partial charge is 0.328 e. The van der Waals surface area contributed by atoms with Crippen LogP contribution in [0.15, 0.2) is 0 Å². The van der Waals surface area contributed by atoms with Crippen LogP contribution in [0.1, 0.15) is 6.92 Å². The fourth-order valence-electron chi connectivity index (χ4n) is 1.67. The average Bonchev–Trinajstić information content (AvgIpc) is 2.26. The average molecular weight is 254 g/mol. The van der Waals surface area contributed by atoms with E-state index in [0.717, 1.165) is 0 Å². The number of aliphatic hydroxyl groups is 3. The van der Waals surface area contributed by atoms with Gasteiger partial charge in [0.1, 0.15) is 25.7 Å². The van der Waals surface area contributed by atoms with Crippen molar-refractivity contribution >= 4 is 15.4 Å². The van der Waals surface area contributed by atoms with E-state index >= 15 is 0 Å². The van der Waals surface area contributed by atoms with Crippen molar-refractivity contribution < 1.29 is 34.4 Å². The summed E-state index contributed by atoms with van der Waals surface area (Å²) < 4.78 is 15.8. The fourth-order valence-corrected chi connectivity index (χ4v) is 2.36. The largest absolute Gasteiger partial charge is 0.390 e. The number of hydrogen-bond donors (Lipinski definition) is 5. The lowest BCUT2D eigenvalue weighted by Gasteiger charge is -2.26. The lowest BCUT2D eigenvalue weighted by molar-refractivity contribution is -0.0614. The Morgan fingerprint density at radius 2 is 2.06 bits per heavy atom. The van der Waals surface area contributed by atoms with E-state index in [1.807, 2.05) is 0 Å². The van der Waals surface area contributed by atoms with Crippen molar-refractivity contribution in [1.82, 2.24) is 0 Å². The third kappa shape index (κ3) is 2.84. The first-order chi connectivity index (χ1) is 7.05. The van der Waals surface area contributed by atoms with E-state index in [1.165, 1.54) is 14.8 Å². The van der Waals surface area contributed by atoms with Crippen LogP contribution < -0.4 is 0 Å². The molecule has 0 spiro atoms. The lowest BCUT2D eigenvalue weighted by Crippen LogP contribution is -2.48. The molecule has 0 aliphatic carbocycles. The Labute approximate surface area is 93.6 Å². The minimum Gasteiger partial charge on any atom is -0.390 e. The molecular formula is C7H16BO7P. The van der Waals surface area contributed by atoms with Crippen molar-refractivity contribution in [1.29, 1.82) is 0 Å². The van der Waals surface area contributed by atoms with Gasteiger partial charge in [0.25, 0.3) is 0 Å². The molecule has 7 nitrogen and oxygen atoms in total. The van der Waals surface area contributed by atoms with Gasteiger partial charge >= 0.3 is 7.60 Å². The van der Waals surface area contributed by atoms with Gasteiger partial charge in [-0.25, -0.2) is 0 Å². The Hall–Kier alpha value is 0.0549. The summed E-state index contributed by atoms with van der Waals surface area (Å²) in [7, 11) is -2.88. The second-order valence-electron chi connectivity index (χ2n) is 4.33. The molecule has 1 aliphatic heterocycles. The van der Waals surface area contributed by atoms with Crippen molar-refractivity contribution in [3.63, 3.8) is 0 Å². The Bertz CT molecular complexity index is 303. The third-order valence-electron chi connectivity index (χ3n) is 2.90. The van der Waals surface area contributed by atoms with Gasteiger partial charge in [-0.2, -0.15) is 0 Å². The van der Waals surface area contributed by atoms with Crippen LogP contribution in [-0.4, -0.2) is 69.0 Å². The van der Waals surface area contributed by atoms with E-state index < -0.39 is 43.7 Å². The topological polar surface area (TPSA) is 127 Å². The molecule has 0 aromatic carbocycles. The maximum atomic E-state index is 10.7. The first kappa shape index (κ1) is 14.1.